The first-order valence-corrected chi connectivity index (χ1v) is 6.06. The molecule has 0 saturated carbocycles. The van der Waals surface area contributed by atoms with Gasteiger partial charge < -0.3 is 0 Å². The lowest BCUT2D eigenvalue weighted by Crippen LogP contribution is -2.30. The first kappa shape index (κ1) is 14.6. The highest BCUT2D eigenvalue weighted by Crippen LogP contribution is 2.12. The van der Waals surface area contributed by atoms with Crippen LogP contribution in [0.5, 0.6) is 0 Å². The largest absolute Gasteiger partial charge is 0.288 e. The Balaban J connectivity index is 2.14. The molecule has 1 aromatic carbocycles. The molecule has 21 heavy (non-hydrogen) atoms. The summed E-state index contributed by atoms with van der Waals surface area (Å²) in [6.07, 6.45) is 2.15. The van der Waals surface area contributed by atoms with Crippen LogP contribution in [0.15, 0.2) is 42.7 Å². The van der Waals surface area contributed by atoms with E-state index < -0.39 is 16.7 Å². The molecule has 0 aliphatic rings. The van der Waals surface area contributed by atoms with Gasteiger partial charge in [-0.2, -0.15) is 0 Å². The van der Waals surface area contributed by atoms with Crippen LogP contribution in [0.1, 0.15) is 20.7 Å². The summed E-state index contributed by atoms with van der Waals surface area (Å²) in [4.78, 5) is 37.2. The summed E-state index contributed by atoms with van der Waals surface area (Å²) in [6, 6.07) is 6.97. The van der Waals surface area contributed by atoms with E-state index in [0.717, 1.165) is 18.5 Å². The van der Waals surface area contributed by atoms with Crippen molar-refractivity contribution in [3.05, 3.63) is 69.0 Å². The number of amides is 2. The molecule has 7 nitrogen and oxygen atoms in total. The van der Waals surface area contributed by atoms with Gasteiger partial charge in [-0.25, -0.2) is 0 Å². The predicted octanol–water partition coefficient (Wildman–Crippen LogP) is 2.21. The quantitative estimate of drug-likeness (QED) is 0.532. The summed E-state index contributed by atoms with van der Waals surface area (Å²) in [7, 11) is 0. The molecule has 0 atom stereocenters. The zero-order valence-corrected chi connectivity index (χ0v) is 11.2. The van der Waals surface area contributed by atoms with Gasteiger partial charge in [0.1, 0.15) is 6.20 Å². The van der Waals surface area contributed by atoms with Crippen molar-refractivity contribution in [2.45, 2.75) is 0 Å². The van der Waals surface area contributed by atoms with E-state index in [1.807, 2.05) is 0 Å². The van der Waals surface area contributed by atoms with E-state index >= 15 is 0 Å². The number of nitrogens with zero attached hydrogens (tertiary/aromatic N) is 2. The zero-order chi connectivity index (χ0) is 15.4. The van der Waals surface area contributed by atoms with E-state index in [0.29, 0.717) is 5.02 Å². The van der Waals surface area contributed by atoms with Crippen LogP contribution in [0.2, 0.25) is 5.02 Å². The van der Waals surface area contributed by atoms with Gasteiger partial charge >= 0.3 is 0 Å². The maximum atomic E-state index is 11.8. The molecular weight excluding hydrogens is 298 g/mol. The number of carbonyl (C=O) groups excluding carboxylic acids is 2. The minimum absolute atomic E-state index is 0.0773. The average Bonchev–Trinajstić information content (AvgIpc) is 2.48. The highest BCUT2D eigenvalue weighted by molar-refractivity contribution is 6.30. The van der Waals surface area contributed by atoms with Crippen molar-refractivity contribution in [1.82, 2.24) is 10.3 Å². The highest BCUT2D eigenvalue weighted by Gasteiger charge is 2.15. The Morgan fingerprint density at radius 2 is 1.71 bits per heavy atom. The van der Waals surface area contributed by atoms with E-state index in [2.05, 4.69) is 10.3 Å². The van der Waals surface area contributed by atoms with E-state index in [9.17, 15) is 19.7 Å². The van der Waals surface area contributed by atoms with Crippen molar-refractivity contribution in [2.24, 2.45) is 0 Å². The third kappa shape index (κ3) is 3.61. The lowest BCUT2D eigenvalue weighted by atomic mass is 10.2. The van der Waals surface area contributed by atoms with Crippen LogP contribution in [0, 0.1) is 10.1 Å². The smallest absolute Gasteiger partial charge is 0.288 e. The predicted molar refractivity (Wildman–Crippen MR) is 74.1 cm³/mol. The van der Waals surface area contributed by atoms with Crippen LogP contribution in [0.4, 0.5) is 5.69 Å². The summed E-state index contributed by atoms with van der Waals surface area (Å²) in [5, 5.41) is 13.2. The monoisotopic (exact) mass is 305 g/mol. The SMILES string of the molecule is O=C(NC(=O)c1cncc([N+](=O)[O-])c1)c1ccc(Cl)cc1. The van der Waals surface area contributed by atoms with E-state index in [-0.39, 0.29) is 16.8 Å². The van der Waals surface area contributed by atoms with Crippen LogP contribution in [-0.2, 0) is 0 Å². The van der Waals surface area contributed by atoms with E-state index in [1.54, 1.807) is 0 Å². The second-order valence-electron chi connectivity index (χ2n) is 3.98. The van der Waals surface area contributed by atoms with Crippen LogP contribution in [0.25, 0.3) is 0 Å². The first-order valence-electron chi connectivity index (χ1n) is 5.68. The van der Waals surface area contributed by atoms with Crippen molar-refractivity contribution in [1.29, 1.82) is 0 Å². The Bertz CT molecular complexity index is 716. The number of rotatable bonds is 3. The third-order valence-corrected chi connectivity index (χ3v) is 2.78. The molecular formula is C13H8ClN3O4. The molecule has 0 saturated heterocycles. The number of carbonyl (C=O) groups is 2. The molecule has 2 rings (SSSR count). The molecule has 106 valence electrons. The molecule has 0 unspecified atom stereocenters. The molecule has 2 amide bonds. The molecule has 0 radical (unpaired) electrons. The molecule has 0 aliphatic carbocycles. The van der Waals surface area contributed by atoms with Crippen molar-refractivity contribution >= 4 is 29.1 Å². The molecule has 1 heterocycles. The molecule has 1 aromatic heterocycles. The van der Waals surface area contributed by atoms with Crippen molar-refractivity contribution in [3.63, 3.8) is 0 Å². The summed E-state index contributed by atoms with van der Waals surface area (Å²) < 4.78 is 0. The minimum atomic E-state index is -0.772. The summed E-state index contributed by atoms with van der Waals surface area (Å²) in [5.74, 6) is -1.41. The molecule has 0 aliphatic heterocycles. The molecule has 0 spiro atoms. The van der Waals surface area contributed by atoms with Crippen molar-refractivity contribution in [3.8, 4) is 0 Å². The van der Waals surface area contributed by atoms with Gasteiger partial charge in [-0.05, 0) is 24.3 Å². The number of pyridine rings is 1. The Hall–Kier alpha value is -2.80. The number of hydrogen-bond acceptors (Lipinski definition) is 5. The number of hydrogen-bond donors (Lipinski definition) is 1. The van der Waals surface area contributed by atoms with Crippen molar-refractivity contribution < 1.29 is 14.5 Å². The molecule has 2 aromatic rings. The number of nitro groups is 1. The van der Waals surface area contributed by atoms with Gasteiger partial charge in [0.05, 0.1) is 10.5 Å². The van der Waals surface area contributed by atoms with Gasteiger partial charge in [0.2, 0.25) is 0 Å². The molecule has 0 fully saturated rings. The lowest BCUT2D eigenvalue weighted by Gasteiger charge is -2.04. The number of aromatic nitrogens is 1. The Morgan fingerprint density at radius 3 is 2.33 bits per heavy atom. The maximum Gasteiger partial charge on any atom is 0.288 e. The number of nitrogens with one attached hydrogen (secondary N) is 1. The van der Waals surface area contributed by atoms with Crippen LogP contribution < -0.4 is 5.32 Å². The second kappa shape index (κ2) is 6.10. The zero-order valence-electron chi connectivity index (χ0n) is 10.4. The topological polar surface area (TPSA) is 102 Å². The van der Waals surface area contributed by atoms with Gasteiger partial charge in [-0.1, -0.05) is 11.6 Å². The second-order valence-corrected chi connectivity index (χ2v) is 4.42. The Morgan fingerprint density at radius 1 is 1.10 bits per heavy atom. The Kier molecular flexibility index (Phi) is 4.24. The standard InChI is InChI=1S/C13H8ClN3O4/c14-10-3-1-8(2-4-10)12(18)16-13(19)9-5-11(17(20)21)7-15-6-9/h1-7H,(H,16,18,19). The van der Waals surface area contributed by atoms with E-state index in [1.165, 1.54) is 24.3 Å². The number of imide groups is 1. The van der Waals surface area contributed by atoms with Crippen LogP contribution in [-0.4, -0.2) is 21.7 Å². The summed E-state index contributed by atoms with van der Waals surface area (Å²) in [6.45, 7) is 0. The summed E-state index contributed by atoms with van der Waals surface area (Å²) in [5.41, 5.74) is -0.167. The number of halogens is 1. The Labute approximate surface area is 123 Å². The first-order chi connectivity index (χ1) is 9.97. The fourth-order valence-electron chi connectivity index (χ4n) is 1.50. The van der Waals surface area contributed by atoms with Gasteiger partial charge in [-0.3, -0.25) is 30.0 Å². The van der Waals surface area contributed by atoms with Gasteiger partial charge in [0, 0.05) is 22.8 Å². The summed E-state index contributed by atoms with van der Waals surface area (Å²) >= 11 is 5.69. The fourth-order valence-corrected chi connectivity index (χ4v) is 1.63. The molecule has 1 N–H and O–H groups in total. The third-order valence-electron chi connectivity index (χ3n) is 2.53. The minimum Gasteiger partial charge on any atom is -0.288 e. The fraction of sp³-hybridized carbons (Fsp3) is 0. The van der Waals surface area contributed by atoms with Crippen molar-refractivity contribution in [2.75, 3.05) is 0 Å². The van der Waals surface area contributed by atoms with Crippen LogP contribution in [0.3, 0.4) is 0 Å². The normalized spacial score (nSPS) is 9.95. The highest BCUT2D eigenvalue weighted by atomic mass is 35.5. The maximum absolute atomic E-state index is 11.8. The van der Waals surface area contributed by atoms with Gasteiger partial charge in [0.15, 0.2) is 0 Å². The lowest BCUT2D eigenvalue weighted by molar-refractivity contribution is -0.385. The van der Waals surface area contributed by atoms with Gasteiger partial charge in [-0.15, -0.1) is 0 Å². The van der Waals surface area contributed by atoms with Gasteiger partial charge in [0.25, 0.3) is 17.5 Å². The molecule has 0 bridgehead atoms. The average molecular weight is 306 g/mol. The number of benzene rings is 1. The molecule has 8 heteroatoms. The van der Waals surface area contributed by atoms with Crippen LogP contribution >= 0.6 is 11.6 Å². The van der Waals surface area contributed by atoms with E-state index in [4.69, 9.17) is 11.6 Å².